The maximum atomic E-state index is 10.5. The van der Waals surface area contributed by atoms with E-state index >= 15 is 0 Å². The van der Waals surface area contributed by atoms with Gasteiger partial charge in [0, 0.05) is 0 Å². The number of hydrogen-bond donors (Lipinski definition) is 0. The molecule has 0 radical (unpaired) electrons. The molecule has 1 unspecified atom stereocenters. The van der Waals surface area contributed by atoms with E-state index < -0.39 is 0 Å². The van der Waals surface area contributed by atoms with Crippen molar-refractivity contribution in [1.82, 2.24) is 4.90 Å². The van der Waals surface area contributed by atoms with Crippen LogP contribution in [0.25, 0.3) is 0 Å². The van der Waals surface area contributed by atoms with E-state index in [2.05, 4.69) is 4.99 Å². The monoisotopic (exact) mass is 146 g/mol. The van der Waals surface area contributed by atoms with Gasteiger partial charge in [0.1, 0.15) is 12.0 Å². The van der Waals surface area contributed by atoms with Crippen LogP contribution in [0.2, 0.25) is 0 Å². The summed E-state index contributed by atoms with van der Waals surface area (Å²) >= 11 is 5.63. The lowest BCUT2D eigenvalue weighted by Crippen LogP contribution is -2.26. The average molecular weight is 147 g/mol. The van der Waals surface area contributed by atoms with Gasteiger partial charge in [0.05, 0.1) is 6.34 Å². The molecule has 0 aliphatic carbocycles. The Morgan fingerprint density at radius 1 is 2.00 bits per heavy atom. The summed E-state index contributed by atoms with van der Waals surface area (Å²) in [4.78, 5) is 15.6. The molecule has 9 heavy (non-hydrogen) atoms. The van der Waals surface area contributed by atoms with Gasteiger partial charge in [0.15, 0.2) is 0 Å². The molecule has 0 N–H and O–H groups in total. The molecule has 0 aromatic rings. The summed E-state index contributed by atoms with van der Waals surface area (Å²) in [7, 11) is 0. The molecule has 1 amide bonds. The van der Waals surface area contributed by atoms with Crippen LogP contribution in [0.1, 0.15) is 6.92 Å². The maximum absolute atomic E-state index is 10.5. The predicted molar refractivity (Wildman–Crippen MR) is 35.5 cm³/mol. The standard InChI is InChI=1S/C5H7ClN2O/c1-4(6)8-2-5(9)7-3-8/h3-4H,2H2,1H3. The van der Waals surface area contributed by atoms with Crippen molar-refractivity contribution in [2.45, 2.75) is 12.4 Å². The van der Waals surface area contributed by atoms with Crippen LogP contribution in [-0.2, 0) is 4.79 Å². The quantitative estimate of drug-likeness (QED) is 0.397. The lowest BCUT2D eigenvalue weighted by atomic mass is 10.5. The first-order chi connectivity index (χ1) is 4.20. The van der Waals surface area contributed by atoms with Gasteiger partial charge in [-0.15, -0.1) is 0 Å². The van der Waals surface area contributed by atoms with E-state index in [1.807, 2.05) is 0 Å². The highest BCUT2D eigenvalue weighted by Crippen LogP contribution is 2.04. The molecule has 4 heteroatoms. The summed E-state index contributed by atoms with van der Waals surface area (Å²) in [6.45, 7) is 2.12. The third-order valence-corrected chi connectivity index (χ3v) is 1.38. The number of nitrogens with zero attached hydrogens (tertiary/aromatic N) is 2. The Morgan fingerprint density at radius 2 is 2.67 bits per heavy atom. The minimum Gasteiger partial charge on any atom is -0.337 e. The van der Waals surface area contributed by atoms with E-state index in [-0.39, 0.29) is 11.4 Å². The Kier molecular flexibility index (Phi) is 1.71. The van der Waals surface area contributed by atoms with E-state index in [9.17, 15) is 4.79 Å². The van der Waals surface area contributed by atoms with Gasteiger partial charge >= 0.3 is 0 Å². The number of rotatable bonds is 1. The SMILES string of the molecule is CC(Cl)N1C=NC(=O)C1. The molecule has 50 valence electrons. The van der Waals surface area contributed by atoms with E-state index in [4.69, 9.17) is 11.6 Å². The summed E-state index contributed by atoms with van der Waals surface area (Å²) in [5.41, 5.74) is -0.139. The first kappa shape index (κ1) is 6.55. The molecular formula is C5H7ClN2O. The highest BCUT2D eigenvalue weighted by molar-refractivity contribution is 6.21. The average Bonchev–Trinajstić information content (AvgIpc) is 2.14. The van der Waals surface area contributed by atoms with E-state index in [0.29, 0.717) is 6.54 Å². The van der Waals surface area contributed by atoms with Crippen LogP contribution in [0.15, 0.2) is 4.99 Å². The van der Waals surface area contributed by atoms with Crippen LogP contribution in [0.3, 0.4) is 0 Å². The van der Waals surface area contributed by atoms with Gasteiger partial charge in [-0.25, -0.2) is 4.99 Å². The van der Waals surface area contributed by atoms with E-state index in [1.165, 1.54) is 6.34 Å². The van der Waals surface area contributed by atoms with Crippen molar-refractivity contribution in [3.05, 3.63) is 0 Å². The number of alkyl halides is 1. The smallest absolute Gasteiger partial charge is 0.266 e. The summed E-state index contributed by atoms with van der Waals surface area (Å²) < 4.78 is 0. The first-order valence-electron chi connectivity index (χ1n) is 2.67. The minimum absolute atomic E-state index is 0.123. The van der Waals surface area contributed by atoms with Crippen LogP contribution in [0, 0.1) is 0 Å². The van der Waals surface area contributed by atoms with Crippen molar-refractivity contribution in [2.24, 2.45) is 4.99 Å². The molecule has 1 atom stereocenters. The van der Waals surface area contributed by atoms with Gasteiger partial charge in [-0.2, -0.15) is 0 Å². The molecule has 1 rings (SSSR count). The van der Waals surface area contributed by atoms with Crippen molar-refractivity contribution >= 4 is 23.8 Å². The fraction of sp³-hybridized carbons (Fsp3) is 0.600. The van der Waals surface area contributed by atoms with Gasteiger partial charge in [0.25, 0.3) is 5.91 Å². The van der Waals surface area contributed by atoms with Crippen molar-refractivity contribution in [2.75, 3.05) is 6.54 Å². The molecule has 1 aliphatic rings. The second kappa shape index (κ2) is 2.35. The molecule has 1 heterocycles. The topological polar surface area (TPSA) is 32.7 Å². The molecule has 0 fully saturated rings. The van der Waals surface area contributed by atoms with Crippen molar-refractivity contribution < 1.29 is 4.79 Å². The number of amides is 1. The zero-order chi connectivity index (χ0) is 6.85. The second-order valence-corrected chi connectivity index (χ2v) is 2.52. The molecule has 0 spiro atoms. The first-order valence-corrected chi connectivity index (χ1v) is 3.10. The van der Waals surface area contributed by atoms with Gasteiger partial charge in [-0.1, -0.05) is 11.6 Å². The highest BCUT2D eigenvalue weighted by atomic mass is 35.5. The fourth-order valence-corrected chi connectivity index (χ4v) is 0.713. The summed E-state index contributed by atoms with van der Waals surface area (Å²) in [5.74, 6) is -0.123. The number of aliphatic imine (C=N–C) groups is 1. The van der Waals surface area contributed by atoms with Crippen LogP contribution in [0.5, 0.6) is 0 Å². The predicted octanol–water partition coefficient (Wildman–Crippen LogP) is 0.442. The summed E-state index contributed by atoms with van der Waals surface area (Å²) in [5, 5.41) is 0. The molecule has 0 aromatic carbocycles. The van der Waals surface area contributed by atoms with Crippen LogP contribution >= 0.6 is 11.6 Å². The zero-order valence-electron chi connectivity index (χ0n) is 5.04. The third-order valence-electron chi connectivity index (χ3n) is 1.12. The summed E-state index contributed by atoms with van der Waals surface area (Å²) in [6.07, 6.45) is 1.47. The normalized spacial score (nSPS) is 21.1. The number of carbonyl (C=O) groups excluding carboxylic acids is 1. The van der Waals surface area contributed by atoms with Crippen molar-refractivity contribution in [1.29, 1.82) is 0 Å². The van der Waals surface area contributed by atoms with Crippen LogP contribution in [-0.4, -0.2) is 29.2 Å². The van der Waals surface area contributed by atoms with Crippen LogP contribution < -0.4 is 0 Å². The number of halogens is 1. The Bertz CT molecular complexity index is 155. The fourth-order valence-electron chi connectivity index (χ4n) is 0.594. The lowest BCUT2D eigenvalue weighted by Gasteiger charge is -2.14. The van der Waals surface area contributed by atoms with Crippen molar-refractivity contribution in [3.63, 3.8) is 0 Å². The molecule has 0 aromatic heterocycles. The lowest BCUT2D eigenvalue weighted by molar-refractivity contribution is -0.117. The molecule has 3 nitrogen and oxygen atoms in total. The number of carbonyl (C=O) groups is 1. The van der Waals surface area contributed by atoms with Crippen molar-refractivity contribution in [3.8, 4) is 0 Å². The number of hydrogen-bond acceptors (Lipinski definition) is 2. The van der Waals surface area contributed by atoms with Gasteiger partial charge in [-0.05, 0) is 6.92 Å². The molecular weight excluding hydrogens is 140 g/mol. The Morgan fingerprint density at radius 3 is 2.89 bits per heavy atom. The Labute approximate surface area is 58.3 Å². The highest BCUT2D eigenvalue weighted by Gasteiger charge is 2.16. The van der Waals surface area contributed by atoms with Crippen LogP contribution in [0.4, 0.5) is 0 Å². The molecule has 1 aliphatic heterocycles. The van der Waals surface area contributed by atoms with E-state index in [1.54, 1.807) is 11.8 Å². The second-order valence-electron chi connectivity index (χ2n) is 1.88. The Hall–Kier alpha value is -0.570. The molecule has 0 saturated heterocycles. The van der Waals surface area contributed by atoms with Gasteiger partial charge < -0.3 is 4.90 Å². The molecule has 0 bridgehead atoms. The zero-order valence-corrected chi connectivity index (χ0v) is 5.80. The van der Waals surface area contributed by atoms with E-state index in [0.717, 1.165) is 0 Å². The summed E-state index contributed by atoms with van der Waals surface area (Å²) in [6, 6.07) is 0. The molecule has 0 saturated carbocycles. The largest absolute Gasteiger partial charge is 0.337 e. The Balaban J connectivity index is 2.50. The van der Waals surface area contributed by atoms with Gasteiger partial charge in [-0.3, -0.25) is 4.79 Å². The van der Waals surface area contributed by atoms with Gasteiger partial charge in [0.2, 0.25) is 0 Å². The maximum Gasteiger partial charge on any atom is 0.266 e. The minimum atomic E-state index is -0.139. The third kappa shape index (κ3) is 1.42.